The Morgan fingerprint density at radius 2 is 1.53 bits per heavy atom. The second kappa shape index (κ2) is 16.6. The largest absolute Gasteiger partial charge is 0.492 e. The number of carbonyl (C=O) groups excluding carboxylic acids is 2. The molecule has 0 aliphatic heterocycles. The zero-order chi connectivity index (χ0) is 34.8. The maximum atomic E-state index is 15.2. The number of para-hydroxylation sites is 2. The van der Waals surface area contributed by atoms with Crippen LogP contribution >= 0.6 is 0 Å². The minimum absolute atomic E-state index is 0.00580. The Morgan fingerprint density at radius 3 is 2.22 bits per heavy atom. The van der Waals surface area contributed by atoms with Crippen LogP contribution in [0.5, 0.6) is 5.75 Å². The van der Waals surface area contributed by atoms with Crippen molar-refractivity contribution in [1.29, 1.82) is 0 Å². The predicted molar refractivity (Wildman–Crippen MR) is 189 cm³/mol. The van der Waals surface area contributed by atoms with E-state index in [0.29, 0.717) is 0 Å². The lowest BCUT2D eigenvalue weighted by Crippen LogP contribution is -2.55. The number of amides is 2. The average Bonchev–Trinajstić information content (AvgIpc) is 3.11. The summed E-state index contributed by atoms with van der Waals surface area (Å²) >= 11 is 0. The molecule has 258 valence electrons. The van der Waals surface area contributed by atoms with Crippen LogP contribution in [0.1, 0.15) is 55.7 Å². The standard InChI is InChI=1S/C39H44FN3O5S/c1-3-48-37-21-13-12-20-35(37)43(49(46,47)33-24-22-29(2)23-25-33)28-38(44)42(27-31-16-10-11-19-34(31)40)36(26-30-14-6-4-7-15-30)39(45)41-32-17-8-5-9-18-32/h4,6-7,10-16,19-25,32,36H,3,5,8-9,17-18,26-28H2,1-2H3,(H,41,45)/t36-/m1/s1. The van der Waals surface area contributed by atoms with Gasteiger partial charge in [0.2, 0.25) is 11.8 Å². The number of rotatable bonds is 14. The normalized spacial score (nSPS) is 14.1. The third-order valence-corrected chi connectivity index (χ3v) is 10.6. The van der Waals surface area contributed by atoms with E-state index in [1.807, 2.05) is 37.3 Å². The Labute approximate surface area is 289 Å². The molecule has 10 heteroatoms. The number of benzene rings is 4. The van der Waals surface area contributed by atoms with Gasteiger partial charge >= 0.3 is 0 Å². The van der Waals surface area contributed by atoms with Crippen molar-refractivity contribution in [2.45, 2.75) is 75.9 Å². The van der Waals surface area contributed by atoms with Crippen molar-refractivity contribution >= 4 is 27.5 Å². The van der Waals surface area contributed by atoms with Gasteiger partial charge in [-0.05, 0) is 62.6 Å². The first-order valence-electron chi connectivity index (χ1n) is 16.9. The molecule has 1 aliphatic rings. The van der Waals surface area contributed by atoms with Crippen molar-refractivity contribution in [3.8, 4) is 5.75 Å². The van der Waals surface area contributed by atoms with Crippen LogP contribution < -0.4 is 14.4 Å². The number of aryl methyl sites for hydroxylation is 1. The first-order chi connectivity index (χ1) is 23.7. The summed E-state index contributed by atoms with van der Waals surface area (Å²) in [6, 6.07) is 27.3. The van der Waals surface area contributed by atoms with Crippen molar-refractivity contribution in [1.82, 2.24) is 10.2 Å². The highest BCUT2D eigenvalue weighted by atomic mass is 32.2. The number of hydrogen-bond acceptors (Lipinski definition) is 5. The molecule has 1 N–H and O–H groups in total. The first kappa shape index (κ1) is 35.6. The topological polar surface area (TPSA) is 96.0 Å². The third kappa shape index (κ3) is 9.06. The zero-order valence-corrected chi connectivity index (χ0v) is 28.9. The molecule has 0 bridgehead atoms. The van der Waals surface area contributed by atoms with Gasteiger partial charge in [0.15, 0.2) is 0 Å². The summed E-state index contributed by atoms with van der Waals surface area (Å²) in [6.07, 6.45) is 4.92. The van der Waals surface area contributed by atoms with Crippen molar-refractivity contribution in [3.05, 3.63) is 126 Å². The van der Waals surface area contributed by atoms with Gasteiger partial charge in [0.25, 0.3) is 10.0 Å². The first-order valence-corrected chi connectivity index (χ1v) is 18.3. The van der Waals surface area contributed by atoms with Gasteiger partial charge in [-0.15, -0.1) is 0 Å². The van der Waals surface area contributed by atoms with Crippen LogP contribution in [0.25, 0.3) is 0 Å². The molecule has 8 nitrogen and oxygen atoms in total. The lowest BCUT2D eigenvalue weighted by atomic mass is 9.94. The van der Waals surface area contributed by atoms with Crippen molar-refractivity contribution in [2.24, 2.45) is 0 Å². The van der Waals surface area contributed by atoms with E-state index in [4.69, 9.17) is 4.74 Å². The molecule has 2 amide bonds. The molecule has 4 aromatic rings. The average molecular weight is 686 g/mol. The highest BCUT2D eigenvalue weighted by molar-refractivity contribution is 7.92. The maximum absolute atomic E-state index is 15.2. The number of carbonyl (C=O) groups is 2. The van der Waals surface area contributed by atoms with Crippen LogP contribution in [-0.4, -0.2) is 50.4 Å². The van der Waals surface area contributed by atoms with Crippen LogP contribution in [0.2, 0.25) is 0 Å². The van der Waals surface area contributed by atoms with E-state index in [9.17, 15) is 18.0 Å². The van der Waals surface area contributed by atoms with Gasteiger partial charge in [-0.1, -0.05) is 97.6 Å². The molecule has 1 aliphatic carbocycles. The molecule has 0 aromatic heterocycles. The van der Waals surface area contributed by atoms with Gasteiger partial charge in [0, 0.05) is 24.6 Å². The van der Waals surface area contributed by atoms with E-state index in [1.54, 1.807) is 61.5 Å². The third-order valence-electron chi connectivity index (χ3n) is 8.84. The fourth-order valence-electron chi connectivity index (χ4n) is 6.20. The molecule has 49 heavy (non-hydrogen) atoms. The SMILES string of the molecule is CCOc1ccccc1N(CC(=O)N(Cc1ccccc1F)[C@H](Cc1ccccc1)C(=O)NC1CCCCC1)S(=O)(=O)c1ccc(C)cc1. The van der Waals surface area contributed by atoms with Crippen LogP contribution in [0.4, 0.5) is 10.1 Å². The molecule has 1 fully saturated rings. The molecule has 1 saturated carbocycles. The van der Waals surface area contributed by atoms with E-state index < -0.39 is 34.3 Å². The molecule has 4 aromatic carbocycles. The molecule has 0 heterocycles. The number of halogens is 1. The summed E-state index contributed by atoms with van der Waals surface area (Å²) in [4.78, 5) is 30.3. The fourth-order valence-corrected chi connectivity index (χ4v) is 7.62. The Morgan fingerprint density at radius 1 is 0.878 bits per heavy atom. The molecule has 5 rings (SSSR count). The van der Waals surface area contributed by atoms with E-state index in [1.165, 1.54) is 23.1 Å². The molecule has 0 radical (unpaired) electrons. The maximum Gasteiger partial charge on any atom is 0.264 e. The monoisotopic (exact) mass is 685 g/mol. The number of nitrogens with one attached hydrogen (secondary N) is 1. The Balaban J connectivity index is 1.60. The second-order valence-electron chi connectivity index (χ2n) is 12.4. The van der Waals surface area contributed by atoms with E-state index in [2.05, 4.69) is 5.32 Å². The van der Waals surface area contributed by atoms with Crippen LogP contribution in [0, 0.1) is 12.7 Å². The van der Waals surface area contributed by atoms with E-state index >= 15 is 4.39 Å². The van der Waals surface area contributed by atoms with Gasteiger partial charge in [-0.3, -0.25) is 13.9 Å². The predicted octanol–water partition coefficient (Wildman–Crippen LogP) is 6.82. The van der Waals surface area contributed by atoms with Gasteiger partial charge in [-0.2, -0.15) is 0 Å². The van der Waals surface area contributed by atoms with Crippen molar-refractivity contribution in [3.63, 3.8) is 0 Å². The molecule has 0 spiro atoms. The van der Waals surface area contributed by atoms with Crippen LogP contribution in [-0.2, 0) is 32.6 Å². The summed E-state index contributed by atoms with van der Waals surface area (Å²) in [5.41, 5.74) is 2.07. The lowest BCUT2D eigenvalue weighted by molar-refractivity contribution is -0.140. The molecule has 1 atom stereocenters. The minimum Gasteiger partial charge on any atom is -0.492 e. The number of anilines is 1. The fraction of sp³-hybridized carbons (Fsp3) is 0.333. The van der Waals surface area contributed by atoms with Crippen molar-refractivity contribution in [2.75, 3.05) is 17.5 Å². The van der Waals surface area contributed by atoms with Gasteiger partial charge < -0.3 is 15.0 Å². The van der Waals surface area contributed by atoms with Gasteiger partial charge in [0.05, 0.1) is 17.2 Å². The summed E-state index contributed by atoms with van der Waals surface area (Å²) < 4.78 is 50.9. The smallest absolute Gasteiger partial charge is 0.264 e. The highest BCUT2D eigenvalue weighted by Gasteiger charge is 2.36. The van der Waals surface area contributed by atoms with Gasteiger partial charge in [0.1, 0.15) is 24.2 Å². The number of sulfonamides is 1. The van der Waals surface area contributed by atoms with Crippen LogP contribution in [0.3, 0.4) is 0 Å². The Hall–Kier alpha value is -4.70. The molecule has 0 unspecified atom stereocenters. The molecular weight excluding hydrogens is 642 g/mol. The zero-order valence-electron chi connectivity index (χ0n) is 28.1. The highest BCUT2D eigenvalue weighted by Crippen LogP contribution is 2.33. The summed E-state index contributed by atoms with van der Waals surface area (Å²) in [5.74, 6) is -1.27. The summed E-state index contributed by atoms with van der Waals surface area (Å²) in [6.45, 7) is 3.01. The van der Waals surface area contributed by atoms with E-state index in [0.717, 1.165) is 47.5 Å². The number of hydrogen-bond donors (Lipinski definition) is 1. The quantitative estimate of drug-likeness (QED) is 0.157. The van der Waals surface area contributed by atoms with Crippen LogP contribution in [0.15, 0.2) is 108 Å². The summed E-state index contributed by atoms with van der Waals surface area (Å²) in [7, 11) is -4.32. The molecular formula is C39H44FN3O5S. The second-order valence-corrected chi connectivity index (χ2v) is 14.2. The number of nitrogens with zero attached hydrogens (tertiary/aromatic N) is 2. The Kier molecular flexibility index (Phi) is 12.1. The molecule has 0 saturated heterocycles. The Bertz CT molecular complexity index is 1810. The lowest BCUT2D eigenvalue weighted by Gasteiger charge is -2.35. The minimum atomic E-state index is -4.32. The van der Waals surface area contributed by atoms with Gasteiger partial charge in [-0.25, -0.2) is 12.8 Å². The van der Waals surface area contributed by atoms with E-state index in [-0.39, 0.29) is 53.4 Å². The summed E-state index contributed by atoms with van der Waals surface area (Å²) in [5, 5.41) is 3.17. The van der Waals surface area contributed by atoms with Crippen molar-refractivity contribution < 1.29 is 27.1 Å². The number of ether oxygens (including phenoxy) is 1.